The third kappa shape index (κ3) is 3.39. The average Bonchev–Trinajstić information content (AvgIpc) is 2.37. The van der Waals surface area contributed by atoms with E-state index < -0.39 is 0 Å². The number of rotatable bonds is 4. The van der Waals surface area contributed by atoms with Gasteiger partial charge in [-0.05, 0) is 17.7 Å². The van der Waals surface area contributed by atoms with Gasteiger partial charge in [-0.25, -0.2) is 0 Å². The van der Waals surface area contributed by atoms with Gasteiger partial charge in [-0.1, -0.05) is 17.7 Å². The van der Waals surface area contributed by atoms with Crippen molar-refractivity contribution in [3.05, 3.63) is 28.8 Å². The molecule has 2 aliphatic rings. The van der Waals surface area contributed by atoms with E-state index in [0.717, 1.165) is 38.5 Å². The van der Waals surface area contributed by atoms with Crippen LogP contribution in [0.3, 0.4) is 0 Å². The van der Waals surface area contributed by atoms with E-state index in [2.05, 4.69) is 16.3 Å². The fourth-order valence-electron chi connectivity index (χ4n) is 2.33. The van der Waals surface area contributed by atoms with E-state index in [1.807, 2.05) is 12.1 Å². The van der Waals surface area contributed by atoms with Gasteiger partial charge in [-0.3, -0.25) is 4.90 Å². The monoisotopic (exact) mass is 282 g/mol. The first-order chi connectivity index (χ1) is 9.31. The molecule has 2 aliphatic heterocycles. The SMILES string of the molecule is Clc1cc(CN2CCNCC2)ccc1OC1COC1. The van der Waals surface area contributed by atoms with Crippen molar-refractivity contribution in [1.82, 2.24) is 10.2 Å². The summed E-state index contributed by atoms with van der Waals surface area (Å²) < 4.78 is 10.8. The molecule has 0 saturated carbocycles. The minimum absolute atomic E-state index is 0.163. The normalized spacial score (nSPS) is 21.1. The van der Waals surface area contributed by atoms with Gasteiger partial charge in [0.1, 0.15) is 11.9 Å². The molecule has 2 fully saturated rings. The number of nitrogens with zero attached hydrogens (tertiary/aromatic N) is 1. The Morgan fingerprint density at radius 3 is 2.74 bits per heavy atom. The molecule has 104 valence electrons. The first-order valence-corrected chi connectivity index (χ1v) is 7.15. The fourth-order valence-corrected chi connectivity index (χ4v) is 2.58. The molecule has 4 nitrogen and oxygen atoms in total. The zero-order chi connectivity index (χ0) is 13.1. The Bertz CT molecular complexity index is 431. The number of ether oxygens (including phenoxy) is 2. The second-order valence-electron chi connectivity index (χ2n) is 5.07. The van der Waals surface area contributed by atoms with Crippen molar-refractivity contribution in [2.45, 2.75) is 12.6 Å². The highest BCUT2D eigenvalue weighted by Gasteiger charge is 2.21. The predicted molar refractivity (Wildman–Crippen MR) is 74.8 cm³/mol. The highest BCUT2D eigenvalue weighted by molar-refractivity contribution is 6.32. The first-order valence-electron chi connectivity index (χ1n) is 6.77. The summed E-state index contributed by atoms with van der Waals surface area (Å²) >= 11 is 6.28. The molecule has 0 bridgehead atoms. The van der Waals surface area contributed by atoms with Gasteiger partial charge in [-0.15, -0.1) is 0 Å². The van der Waals surface area contributed by atoms with Crippen LogP contribution in [-0.2, 0) is 11.3 Å². The maximum absolute atomic E-state index is 6.28. The molecule has 0 radical (unpaired) electrons. The molecule has 0 amide bonds. The van der Waals surface area contributed by atoms with Crippen LogP contribution < -0.4 is 10.1 Å². The highest BCUT2D eigenvalue weighted by atomic mass is 35.5. The number of hydrogen-bond donors (Lipinski definition) is 1. The van der Waals surface area contributed by atoms with Crippen molar-refractivity contribution in [2.75, 3.05) is 39.4 Å². The van der Waals surface area contributed by atoms with Gasteiger partial charge in [0, 0.05) is 32.7 Å². The lowest BCUT2D eigenvalue weighted by Gasteiger charge is -2.28. The van der Waals surface area contributed by atoms with Gasteiger partial charge in [-0.2, -0.15) is 0 Å². The Labute approximate surface area is 118 Å². The second kappa shape index (κ2) is 6.09. The molecular formula is C14H19ClN2O2. The average molecular weight is 283 g/mol. The van der Waals surface area contributed by atoms with E-state index in [0.29, 0.717) is 18.2 Å². The Kier molecular flexibility index (Phi) is 4.23. The molecule has 1 aromatic rings. The van der Waals surface area contributed by atoms with Gasteiger partial charge in [0.05, 0.1) is 18.2 Å². The number of hydrogen-bond acceptors (Lipinski definition) is 4. The fraction of sp³-hybridized carbons (Fsp3) is 0.571. The number of halogens is 1. The lowest BCUT2D eigenvalue weighted by atomic mass is 10.2. The molecule has 5 heteroatoms. The molecule has 3 rings (SSSR count). The molecular weight excluding hydrogens is 264 g/mol. The van der Waals surface area contributed by atoms with Crippen molar-refractivity contribution in [2.24, 2.45) is 0 Å². The molecule has 2 heterocycles. The van der Waals surface area contributed by atoms with Crippen LogP contribution in [-0.4, -0.2) is 50.4 Å². The van der Waals surface area contributed by atoms with E-state index in [4.69, 9.17) is 21.1 Å². The van der Waals surface area contributed by atoms with E-state index >= 15 is 0 Å². The molecule has 19 heavy (non-hydrogen) atoms. The van der Waals surface area contributed by atoms with Crippen LogP contribution in [0.25, 0.3) is 0 Å². The van der Waals surface area contributed by atoms with Gasteiger partial charge >= 0.3 is 0 Å². The number of benzene rings is 1. The Morgan fingerprint density at radius 2 is 2.11 bits per heavy atom. The summed E-state index contributed by atoms with van der Waals surface area (Å²) in [6, 6.07) is 6.08. The molecule has 1 aromatic carbocycles. The van der Waals surface area contributed by atoms with E-state index in [1.54, 1.807) is 0 Å². The molecule has 0 spiro atoms. The Morgan fingerprint density at radius 1 is 1.32 bits per heavy atom. The largest absolute Gasteiger partial charge is 0.484 e. The van der Waals surface area contributed by atoms with Crippen LogP contribution in [0.5, 0.6) is 5.75 Å². The standard InChI is InChI=1S/C14H19ClN2O2/c15-13-7-11(8-17-5-3-16-4-6-17)1-2-14(13)19-12-9-18-10-12/h1-2,7,12,16H,3-6,8-10H2. The quantitative estimate of drug-likeness (QED) is 0.908. The van der Waals surface area contributed by atoms with E-state index in [9.17, 15) is 0 Å². The van der Waals surface area contributed by atoms with Gasteiger partial charge in [0.2, 0.25) is 0 Å². The summed E-state index contributed by atoms with van der Waals surface area (Å²) in [4.78, 5) is 2.43. The summed E-state index contributed by atoms with van der Waals surface area (Å²) in [6.45, 7) is 6.60. The van der Waals surface area contributed by atoms with Crippen molar-refractivity contribution in [3.8, 4) is 5.75 Å². The van der Waals surface area contributed by atoms with Crippen LogP contribution in [0.15, 0.2) is 18.2 Å². The Balaban J connectivity index is 1.61. The summed E-state index contributed by atoms with van der Waals surface area (Å²) in [5, 5.41) is 4.05. The molecule has 2 saturated heterocycles. The lowest BCUT2D eigenvalue weighted by molar-refractivity contribution is -0.0796. The van der Waals surface area contributed by atoms with Crippen molar-refractivity contribution in [1.29, 1.82) is 0 Å². The zero-order valence-corrected chi connectivity index (χ0v) is 11.7. The molecule has 1 N–H and O–H groups in total. The van der Waals surface area contributed by atoms with Crippen molar-refractivity contribution >= 4 is 11.6 Å². The third-order valence-electron chi connectivity index (χ3n) is 3.51. The lowest BCUT2D eigenvalue weighted by Crippen LogP contribution is -2.42. The van der Waals surface area contributed by atoms with Crippen molar-refractivity contribution < 1.29 is 9.47 Å². The second-order valence-corrected chi connectivity index (χ2v) is 5.48. The van der Waals surface area contributed by atoms with E-state index in [1.165, 1.54) is 5.56 Å². The van der Waals surface area contributed by atoms with Crippen LogP contribution in [0.1, 0.15) is 5.56 Å². The van der Waals surface area contributed by atoms with Crippen LogP contribution in [0.2, 0.25) is 5.02 Å². The topological polar surface area (TPSA) is 33.7 Å². The van der Waals surface area contributed by atoms with E-state index in [-0.39, 0.29) is 6.10 Å². The van der Waals surface area contributed by atoms with Crippen LogP contribution >= 0.6 is 11.6 Å². The first kappa shape index (κ1) is 13.2. The van der Waals surface area contributed by atoms with Gasteiger partial charge < -0.3 is 14.8 Å². The molecule has 0 aromatic heterocycles. The summed E-state index contributed by atoms with van der Waals surface area (Å²) in [6.07, 6.45) is 0.163. The van der Waals surface area contributed by atoms with Crippen LogP contribution in [0, 0.1) is 0 Å². The molecule has 0 aliphatic carbocycles. The predicted octanol–water partition coefficient (Wildman–Crippen LogP) is 1.52. The minimum Gasteiger partial charge on any atom is -0.484 e. The highest BCUT2D eigenvalue weighted by Crippen LogP contribution is 2.28. The smallest absolute Gasteiger partial charge is 0.145 e. The zero-order valence-electron chi connectivity index (χ0n) is 10.9. The van der Waals surface area contributed by atoms with Crippen molar-refractivity contribution in [3.63, 3.8) is 0 Å². The molecule has 0 atom stereocenters. The molecule has 0 unspecified atom stereocenters. The third-order valence-corrected chi connectivity index (χ3v) is 3.81. The minimum atomic E-state index is 0.163. The maximum Gasteiger partial charge on any atom is 0.145 e. The van der Waals surface area contributed by atoms with Crippen LogP contribution in [0.4, 0.5) is 0 Å². The Hall–Kier alpha value is -0.810. The number of piperazine rings is 1. The van der Waals surface area contributed by atoms with Gasteiger partial charge in [0.25, 0.3) is 0 Å². The summed E-state index contributed by atoms with van der Waals surface area (Å²) in [5.41, 5.74) is 1.24. The van der Waals surface area contributed by atoms with Gasteiger partial charge in [0.15, 0.2) is 0 Å². The summed E-state index contributed by atoms with van der Waals surface area (Å²) in [5.74, 6) is 0.763. The summed E-state index contributed by atoms with van der Waals surface area (Å²) in [7, 11) is 0. The number of nitrogens with one attached hydrogen (secondary N) is 1. The maximum atomic E-state index is 6.28.